The summed E-state index contributed by atoms with van der Waals surface area (Å²) in [6, 6.07) is 15.4. The molecule has 38 heavy (non-hydrogen) atoms. The van der Waals surface area contributed by atoms with E-state index in [9.17, 15) is 14.7 Å². The maximum atomic E-state index is 12.9. The summed E-state index contributed by atoms with van der Waals surface area (Å²) in [5.74, 6) is -0.174. The van der Waals surface area contributed by atoms with Crippen molar-refractivity contribution in [3.63, 3.8) is 0 Å². The Morgan fingerprint density at radius 1 is 1.11 bits per heavy atom. The zero-order chi connectivity index (χ0) is 27.7. The van der Waals surface area contributed by atoms with Crippen LogP contribution in [-0.2, 0) is 24.3 Å². The highest BCUT2D eigenvalue weighted by atomic mass is 32.1. The van der Waals surface area contributed by atoms with Crippen molar-refractivity contribution in [1.82, 2.24) is 14.9 Å². The minimum Gasteiger partial charge on any atom is -0.478 e. The number of carbonyl (C=O) groups is 2. The van der Waals surface area contributed by atoms with Gasteiger partial charge in [0.2, 0.25) is 5.91 Å². The van der Waals surface area contributed by atoms with Gasteiger partial charge in [-0.15, -0.1) is 0 Å². The normalized spacial score (nSPS) is 11.9. The number of carbonyl (C=O) groups excluding carboxylic acids is 1. The first-order valence-corrected chi connectivity index (χ1v) is 13.9. The van der Waals surface area contributed by atoms with Gasteiger partial charge >= 0.3 is 5.97 Å². The van der Waals surface area contributed by atoms with Crippen molar-refractivity contribution in [2.75, 3.05) is 12.4 Å². The van der Waals surface area contributed by atoms with E-state index in [1.165, 1.54) is 0 Å². The maximum absolute atomic E-state index is 12.9. The molecule has 0 unspecified atom stereocenters. The minimum absolute atomic E-state index is 0.000906. The Morgan fingerprint density at radius 2 is 1.82 bits per heavy atom. The molecule has 2 N–H and O–H groups in total. The van der Waals surface area contributed by atoms with Crippen LogP contribution in [0.15, 0.2) is 48.5 Å². The third kappa shape index (κ3) is 7.40. The quantitative estimate of drug-likeness (QED) is 0.224. The van der Waals surface area contributed by atoms with E-state index in [0.29, 0.717) is 49.4 Å². The molecule has 3 rings (SSSR count). The molecule has 0 spiro atoms. The molecule has 2 aromatic carbocycles. The molecule has 1 atom stereocenters. The van der Waals surface area contributed by atoms with Gasteiger partial charge in [0.05, 0.1) is 36.6 Å². The summed E-state index contributed by atoms with van der Waals surface area (Å²) >= 11 is 4.40. The number of thiol groups is 1. The lowest BCUT2D eigenvalue weighted by molar-refractivity contribution is -0.125. The lowest BCUT2D eigenvalue weighted by Crippen LogP contribution is -2.33. The van der Waals surface area contributed by atoms with Crippen LogP contribution >= 0.6 is 12.6 Å². The summed E-state index contributed by atoms with van der Waals surface area (Å²) in [5, 5.41) is 12.7. The predicted octanol–water partition coefficient (Wildman–Crippen LogP) is 5.86. The molecule has 0 radical (unpaired) electrons. The van der Waals surface area contributed by atoms with Gasteiger partial charge in [-0.2, -0.15) is 17.6 Å². The van der Waals surface area contributed by atoms with Crippen LogP contribution in [0.4, 0.5) is 0 Å². The topological polar surface area (TPSA) is 93.5 Å². The fourth-order valence-electron chi connectivity index (χ4n) is 4.50. The summed E-state index contributed by atoms with van der Waals surface area (Å²) in [6.07, 6.45) is 2.36. The Morgan fingerprint density at radius 3 is 2.42 bits per heavy atom. The summed E-state index contributed by atoms with van der Waals surface area (Å²) in [5.41, 5.74) is 4.63. The van der Waals surface area contributed by atoms with E-state index in [2.05, 4.69) is 38.7 Å². The predicted molar refractivity (Wildman–Crippen MR) is 154 cm³/mol. The second kappa shape index (κ2) is 14.0. The fraction of sp³-hybridized carbons (Fsp3) is 0.433. The second-order valence-electron chi connectivity index (χ2n) is 9.85. The molecule has 0 fully saturated rings. The van der Waals surface area contributed by atoms with Crippen molar-refractivity contribution >= 4 is 24.5 Å². The van der Waals surface area contributed by atoms with Gasteiger partial charge in [-0.25, -0.2) is 4.79 Å². The van der Waals surface area contributed by atoms with Gasteiger partial charge in [-0.1, -0.05) is 70.2 Å². The molecule has 204 valence electrons. The van der Waals surface area contributed by atoms with Crippen molar-refractivity contribution < 1.29 is 19.4 Å². The second-order valence-corrected chi connectivity index (χ2v) is 10.2. The number of amides is 1. The van der Waals surface area contributed by atoms with Crippen LogP contribution < -0.4 is 10.1 Å². The number of aromatic nitrogens is 2. The number of aryl methyl sites for hydroxylation is 1. The lowest BCUT2D eigenvalue weighted by Gasteiger charge is -2.18. The molecular formula is C30H39N3O4S. The first-order valence-electron chi connectivity index (χ1n) is 13.3. The Labute approximate surface area is 231 Å². The lowest BCUT2D eigenvalue weighted by atomic mass is 9.98. The van der Waals surface area contributed by atoms with E-state index in [4.69, 9.17) is 9.72 Å². The van der Waals surface area contributed by atoms with E-state index >= 15 is 0 Å². The number of imidazole rings is 1. The Hall–Kier alpha value is -3.26. The molecule has 1 amide bonds. The average molecular weight is 538 g/mol. The number of hydrogen-bond donors (Lipinski definition) is 3. The molecule has 1 heterocycles. The number of benzene rings is 2. The third-order valence-corrected chi connectivity index (χ3v) is 6.87. The summed E-state index contributed by atoms with van der Waals surface area (Å²) in [6.45, 7) is 9.73. The van der Waals surface area contributed by atoms with Crippen LogP contribution in [0.2, 0.25) is 0 Å². The van der Waals surface area contributed by atoms with E-state index in [1.807, 2.05) is 47.9 Å². The van der Waals surface area contributed by atoms with Crippen molar-refractivity contribution in [3.05, 3.63) is 71.0 Å². The highest BCUT2D eigenvalue weighted by molar-refractivity contribution is 7.80. The number of hydrogen-bond acceptors (Lipinski definition) is 5. The van der Waals surface area contributed by atoms with Crippen molar-refractivity contribution in [3.8, 4) is 17.1 Å². The van der Waals surface area contributed by atoms with Crippen LogP contribution in [0.5, 0.6) is 6.01 Å². The fourth-order valence-corrected chi connectivity index (χ4v) is 4.82. The van der Waals surface area contributed by atoms with Crippen molar-refractivity contribution in [2.24, 2.45) is 11.8 Å². The number of nitrogens with one attached hydrogen (secondary N) is 1. The molecule has 0 aliphatic rings. The molecule has 0 bridgehead atoms. The van der Waals surface area contributed by atoms with E-state index in [0.717, 1.165) is 35.4 Å². The average Bonchev–Trinajstić information content (AvgIpc) is 3.25. The zero-order valence-electron chi connectivity index (χ0n) is 22.7. The van der Waals surface area contributed by atoms with Crippen molar-refractivity contribution in [1.29, 1.82) is 0 Å². The maximum Gasteiger partial charge on any atom is 0.336 e. The van der Waals surface area contributed by atoms with Gasteiger partial charge in [-0.3, -0.25) is 9.36 Å². The third-order valence-electron chi connectivity index (χ3n) is 6.43. The first-order chi connectivity index (χ1) is 18.3. The van der Waals surface area contributed by atoms with Crippen molar-refractivity contribution in [2.45, 2.75) is 60.0 Å². The number of carboxylic acids is 1. The Balaban J connectivity index is 1.88. The summed E-state index contributed by atoms with van der Waals surface area (Å²) in [7, 11) is 0. The SMILES string of the molecule is CCCOc1nc(CC)c(CNC(=O)[C@@H](CS)CC(C)C)n1Cc1ccc(-c2ccccc2C(=O)O)cc1. The van der Waals surface area contributed by atoms with E-state index < -0.39 is 5.97 Å². The number of ether oxygens (including phenoxy) is 1. The minimum atomic E-state index is -0.951. The molecule has 7 nitrogen and oxygen atoms in total. The monoisotopic (exact) mass is 537 g/mol. The van der Waals surface area contributed by atoms with Crippen LogP contribution in [0.3, 0.4) is 0 Å². The number of rotatable bonds is 14. The summed E-state index contributed by atoms with van der Waals surface area (Å²) < 4.78 is 8.04. The van der Waals surface area contributed by atoms with Gasteiger partial charge in [0.15, 0.2) is 0 Å². The largest absolute Gasteiger partial charge is 0.478 e. The van der Waals surface area contributed by atoms with Gasteiger partial charge < -0.3 is 15.2 Å². The van der Waals surface area contributed by atoms with Crippen LogP contribution in [0.1, 0.15) is 67.8 Å². The van der Waals surface area contributed by atoms with Gasteiger partial charge in [-0.05, 0) is 47.9 Å². The molecule has 0 aliphatic heterocycles. The van der Waals surface area contributed by atoms with E-state index in [-0.39, 0.29) is 17.4 Å². The molecule has 3 aromatic rings. The van der Waals surface area contributed by atoms with Gasteiger partial charge in [0.1, 0.15) is 0 Å². The Bertz CT molecular complexity index is 1220. The Kier molecular flexibility index (Phi) is 10.8. The molecular weight excluding hydrogens is 498 g/mol. The van der Waals surface area contributed by atoms with Crippen LogP contribution in [-0.4, -0.2) is 38.9 Å². The van der Waals surface area contributed by atoms with Crippen LogP contribution in [0, 0.1) is 11.8 Å². The highest BCUT2D eigenvalue weighted by Crippen LogP contribution is 2.26. The molecule has 8 heteroatoms. The van der Waals surface area contributed by atoms with Crippen LogP contribution in [0.25, 0.3) is 11.1 Å². The first kappa shape index (κ1) is 29.3. The zero-order valence-corrected chi connectivity index (χ0v) is 23.6. The van der Waals surface area contributed by atoms with Gasteiger partial charge in [0, 0.05) is 11.7 Å². The smallest absolute Gasteiger partial charge is 0.336 e. The summed E-state index contributed by atoms with van der Waals surface area (Å²) in [4.78, 5) is 29.3. The van der Waals surface area contributed by atoms with Gasteiger partial charge in [0.25, 0.3) is 6.01 Å². The molecule has 1 aromatic heterocycles. The number of nitrogens with zero attached hydrogens (tertiary/aromatic N) is 2. The van der Waals surface area contributed by atoms with E-state index in [1.54, 1.807) is 12.1 Å². The molecule has 0 saturated carbocycles. The molecule has 0 aliphatic carbocycles. The standard InChI is InChI=1S/C30H39N3O4S/c1-5-15-37-30-32-26(6-2)27(17-31-28(34)23(19-38)16-20(3)4)33(30)18-21-11-13-22(14-12-21)24-9-7-8-10-25(24)29(35)36/h7-14,20,23,38H,5-6,15-19H2,1-4H3,(H,31,34)(H,35,36)/t23-/m1/s1. The highest BCUT2D eigenvalue weighted by Gasteiger charge is 2.22. The molecule has 0 saturated heterocycles. The number of carboxylic acid groups (broad SMARTS) is 1. The number of aromatic carboxylic acids is 1.